The monoisotopic (exact) mass is 266 g/mol. The molecule has 0 amide bonds. The summed E-state index contributed by atoms with van der Waals surface area (Å²) in [4.78, 5) is 11.3. The van der Waals surface area contributed by atoms with E-state index in [4.69, 9.17) is 18.0 Å². The molecular weight excluding hydrogens is 244 g/mol. The molecule has 1 heterocycles. The number of aromatic amines is 1. The minimum absolute atomic E-state index is 0.356. The summed E-state index contributed by atoms with van der Waals surface area (Å²) in [7, 11) is 0. The van der Waals surface area contributed by atoms with E-state index in [2.05, 4.69) is 21.9 Å². The van der Waals surface area contributed by atoms with Crippen LogP contribution in [-0.4, -0.2) is 15.0 Å². The summed E-state index contributed by atoms with van der Waals surface area (Å²) in [5, 5.41) is 0. The Hall–Kier alpha value is -0.970. The van der Waals surface area contributed by atoms with Crippen molar-refractivity contribution in [3.63, 3.8) is 0 Å². The van der Waals surface area contributed by atoms with E-state index in [1.807, 2.05) is 0 Å². The normalized spacial score (nSPS) is 24.1. The molecule has 3 N–H and O–H groups in total. The van der Waals surface area contributed by atoms with Gasteiger partial charge in [0.05, 0.1) is 0 Å². The lowest BCUT2D eigenvalue weighted by atomic mass is 9.79. The van der Waals surface area contributed by atoms with Gasteiger partial charge in [0.2, 0.25) is 10.7 Å². The lowest BCUT2D eigenvalue weighted by Crippen LogP contribution is -2.16. The van der Waals surface area contributed by atoms with Gasteiger partial charge in [-0.25, -0.2) is 4.98 Å². The van der Waals surface area contributed by atoms with Crippen LogP contribution in [0.25, 0.3) is 0 Å². The van der Waals surface area contributed by atoms with Crippen molar-refractivity contribution in [1.82, 2.24) is 15.0 Å². The number of hydrogen-bond acceptors (Lipinski definition) is 4. The van der Waals surface area contributed by atoms with Gasteiger partial charge in [-0.1, -0.05) is 26.2 Å². The van der Waals surface area contributed by atoms with Gasteiger partial charge in [0.1, 0.15) is 5.82 Å². The summed E-state index contributed by atoms with van der Waals surface area (Å²) in [6, 6.07) is 0. The Labute approximate surface area is 113 Å². The number of aromatic nitrogens is 3. The van der Waals surface area contributed by atoms with E-state index >= 15 is 0 Å². The Morgan fingerprint density at radius 2 is 2.00 bits per heavy atom. The fourth-order valence-corrected chi connectivity index (χ4v) is 3.03. The van der Waals surface area contributed by atoms with E-state index in [-0.39, 0.29) is 0 Å². The summed E-state index contributed by atoms with van der Waals surface area (Å²) in [5.74, 6) is 2.71. The van der Waals surface area contributed by atoms with Crippen LogP contribution >= 0.6 is 12.2 Å². The number of unbranched alkanes of at least 4 members (excludes halogenated alkanes) is 1. The fourth-order valence-electron chi connectivity index (χ4n) is 2.83. The van der Waals surface area contributed by atoms with Crippen molar-refractivity contribution in [2.75, 3.05) is 5.73 Å². The van der Waals surface area contributed by atoms with Gasteiger partial charge in [-0.3, -0.25) is 0 Å². The van der Waals surface area contributed by atoms with E-state index in [1.54, 1.807) is 0 Å². The molecule has 0 aromatic carbocycles. The second-order valence-electron chi connectivity index (χ2n) is 5.26. The van der Waals surface area contributed by atoms with Crippen LogP contribution in [0.5, 0.6) is 0 Å². The third-order valence-corrected chi connectivity index (χ3v) is 4.07. The minimum atomic E-state index is 0.356. The molecule has 1 aromatic heterocycles. The number of nitrogen functional groups attached to an aromatic ring is 1. The smallest absolute Gasteiger partial charge is 0.224 e. The first kappa shape index (κ1) is 13.5. The lowest BCUT2D eigenvalue weighted by molar-refractivity contribution is 0.298. The Morgan fingerprint density at radius 1 is 1.28 bits per heavy atom. The van der Waals surface area contributed by atoms with Gasteiger partial charge in [0.15, 0.2) is 0 Å². The molecule has 0 aliphatic heterocycles. The highest BCUT2D eigenvalue weighted by atomic mass is 32.1. The van der Waals surface area contributed by atoms with Crippen LogP contribution in [0, 0.1) is 10.7 Å². The van der Waals surface area contributed by atoms with Crippen molar-refractivity contribution in [3.8, 4) is 0 Å². The Morgan fingerprint density at radius 3 is 2.61 bits per heavy atom. The second kappa shape index (κ2) is 6.27. The van der Waals surface area contributed by atoms with Crippen LogP contribution < -0.4 is 5.73 Å². The fraction of sp³-hybridized carbons (Fsp3) is 0.769. The maximum Gasteiger partial charge on any atom is 0.224 e. The highest BCUT2D eigenvalue weighted by Crippen LogP contribution is 2.36. The predicted molar refractivity (Wildman–Crippen MR) is 75.9 cm³/mol. The number of nitrogens with two attached hydrogens (primary N) is 1. The molecule has 0 atom stereocenters. The van der Waals surface area contributed by atoms with Gasteiger partial charge < -0.3 is 10.7 Å². The quantitative estimate of drug-likeness (QED) is 0.817. The first-order valence-corrected chi connectivity index (χ1v) is 7.33. The van der Waals surface area contributed by atoms with Gasteiger partial charge >= 0.3 is 0 Å². The van der Waals surface area contributed by atoms with Crippen LogP contribution in [0.4, 0.5) is 5.95 Å². The summed E-state index contributed by atoms with van der Waals surface area (Å²) < 4.78 is 0.356. The number of anilines is 1. The molecule has 4 nitrogen and oxygen atoms in total. The number of H-pyrrole nitrogens is 1. The molecule has 5 heteroatoms. The van der Waals surface area contributed by atoms with E-state index in [0.29, 0.717) is 16.6 Å². The van der Waals surface area contributed by atoms with Crippen molar-refractivity contribution in [2.24, 2.45) is 5.92 Å². The van der Waals surface area contributed by atoms with Crippen LogP contribution in [0.3, 0.4) is 0 Å². The van der Waals surface area contributed by atoms with Gasteiger partial charge in [-0.15, -0.1) is 0 Å². The number of hydrogen-bond donors (Lipinski definition) is 2. The largest absolute Gasteiger partial charge is 0.369 e. The molecule has 18 heavy (non-hydrogen) atoms. The summed E-state index contributed by atoms with van der Waals surface area (Å²) in [6.45, 7) is 2.26. The molecule has 1 aromatic rings. The first-order chi connectivity index (χ1) is 8.69. The molecule has 1 saturated carbocycles. The topological polar surface area (TPSA) is 67.6 Å². The van der Waals surface area contributed by atoms with Gasteiger partial charge in [0, 0.05) is 5.92 Å². The minimum Gasteiger partial charge on any atom is -0.369 e. The van der Waals surface area contributed by atoms with Gasteiger partial charge in [0.25, 0.3) is 0 Å². The van der Waals surface area contributed by atoms with Crippen molar-refractivity contribution >= 4 is 18.2 Å². The number of rotatable bonds is 4. The Kier molecular flexibility index (Phi) is 4.69. The standard InChI is InChI=1S/C13H22N4S/c1-2-3-4-9-5-7-10(8-6-9)11-15-12(14)17-13(18)16-11/h9-10H,2-8H2,1H3,(H3,14,15,16,17,18). The van der Waals surface area contributed by atoms with Crippen LogP contribution in [-0.2, 0) is 0 Å². The maximum absolute atomic E-state index is 5.69. The van der Waals surface area contributed by atoms with Crippen molar-refractivity contribution in [1.29, 1.82) is 0 Å². The Balaban J connectivity index is 1.94. The third-order valence-electron chi connectivity index (χ3n) is 3.89. The summed E-state index contributed by atoms with van der Waals surface area (Å²) in [6.07, 6.45) is 9.02. The molecule has 1 aliphatic rings. The molecule has 0 saturated heterocycles. The molecule has 1 aliphatic carbocycles. The highest BCUT2D eigenvalue weighted by molar-refractivity contribution is 7.71. The van der Waals surface area contributed by atoms with Gasteiger partial charge in [-0.05, 0) is 43.8 Å². The van der Waals surface area contributed by atoms with Crippen LogP contribution in [0.1, 0.15) is 63.6 Å². The van der Waals surface area contributed by atoms with E-state index in [0.717, 1.165) is 11.7 Å². The molecule has 0 spiro atoms. The molecule has 0 radical (unpaired) electrons. The molecular formula is C13H22N4S. The molecule has 100 valence electrons. The van der Waals surface area contributed by atoms with E-state index in [9.17, 15) is 0 Å². The summed E-state index contributed by atoms with van der Waals surface area (Å²) in [5.41, 5.74) is 5.69. The molecule has 0 bridgehead atoms. The van der Waals surface area contributed by atoms with Crippen LogP contribution in [0.15, 0.2) is 0 Å². The molecule has 1 fully saturated rings. The van der Waals surface area contributed by atoms with Crippen molar-refractivity contribution in [2.45, 2.75) is 57.8 Å². The zero-order chi connectivity index (χ0) is 13.0. The van der Waals surface area contributed by atoms with Gasteiger partial charge in [-0.2, -0.15) is 4.98 Å². The first-order valence-electron chi connectivity index (χ1n) is 6.92. The predicted octanol–water partition coefficient (Wildman–Crippen LogP) is 3.58. The van der Waals surface area contributed by atoms with Crippen molar-refractivity contribution in [3.05, 3.63) is 10.6 Å². The molecule has 0 unspecified atom stereocenters. The van der Waals surface area contributed by atoms with E-state index < -0.39 is 0 Å². The second-order valence-corrected chi connectivity index (χ2v) is 5.63. The zero-order valence-corrected chi connectivity index (χ0v) is 11.8. The van der Waals surface area contributed by atoms with E-state index in [1.165, 1.54) is 44.9 Å². The third kappa shape index (κ3) is 3.51. The average Bonchev–Trinajstić information content (AvgIpc) is 2.36. The average molecular weight is 266 g/mol. The Bertz CT molecular complexity index is 435. The van der Waals surface area contributed by atoms with Crippen LogP contribution in [0.2, 0.25) is 0 Å². The summed E-state index contributed by atoms with van der Waals surface area (Å²) >= 11 is 5.01. The SMILES string of the molecule is CCCCC1CCC(c2nc(=S)nc(N)[nH]2)CC1. The van der Waals surface area contributed by atoms with Crippen molar-refractivity contribution < 1.29 is 0 Å². The zero-order valence-electron chi connectivity index (χ0n) is 11.0. The maximum atomic E-state index is 5.69. The molecule has 2 rings (SSSR count). The number of nitrogens with zero attached hydrogens (tertiary/aromatic N) is 2. The highest BCUT2D eigenvalue weighted by Gasteiger charge is 2.23. The lowest BCUT2D eigenvalue weighted by Gasteiger charge is -2.27. The number of nitrogens with one attached hydrogen (secondary N) is 1.